The van der Waals surface area contributed by atoms with Gasteiger partial charge in [0, 0.05) is 0 Å². The van der Waals surface area contributed by atoms with Crippen LogP contribution in [0.5, 0.6) is 5.75 Å². The maximum atomic E-state index is 13.2. The van der Waals surface area contributed by atoms with Crippen LogP contribution in [0.2, 0.25) is 0 Å². The fraction of sp³-hybridized carbons (Fsp3) is 0.133. The molecule has 0 aliphatic heterocycles. The van der Waals surface area contributed by atoms with Gasteiger partial charge >= 0.3 is 0 Å². The van der Waals surface area contributed by atoms with Gasteiger partial charge in [-0.15, -0.1) is 0 Å². The highest BCUT2D eigenvalue weighted by Crippen LogP contribution is 2.16. The van der Waals surface area contributed by atoms with Gasteiger partial charge in [-0.05, 0) is 41.5 Å². The van der Waals surface area contributed by atoms with Crippen molar-refractivity contribution in [1.29, 1.82) is 5.26 Å². The quantitative estimate of drug-likeness (QED) is 0.916. The Morgan fingerprint density at radius 2 is 2.00 bits per heavy atom. The molecule has 0 saturated carbocycles. The number of aliphatic hydroxyl groups is 1. The maximum absolute atomic E-state index is 13.2. The molecule has 0 saturated heterocycles. The molecule has 0 heterocycles. The molecule has 2 aromatic carbocycles. The summed E-state index contributed by atoms with van der Waals surface area (Å²) in [7, 11) is 0. The van der Waals surface area contributed by atoms with Crippen molar-refractivity contribution in [3.05, 3.63) is 65.0 Å². The van der Waals surface area contributed by atoms with Crippen molar-refractivity contribution >= 4 is 0 Å². The van der Waals surface area contributed by atoms with Crippen LogP contribution in [0, 0.1) is 17.1 Å². The van der Waals surface area contributed by atoms with Crippen LogP contribution < -0.4 is 4.74 Å². The van der Waals surface area contributed by atoms with Crippen LogP contribution in [0.4, 0.5) is 4.39 Å². The van der Waals surface area contributed by atoms with Crippen molar-refractivity contribution in [1.82, 2.24) is 0 Å². The van der Waals surface area contributed by atoms with Crippen LogP contribution in [-0.2, 0) is 13.2 Å². The Hall–Kier alpha value is -2.38. The van der Waals surface area contributed by atoms with Gasteiger partial charge in [-0.25, -0.2) is 4.39 Å². The van der Waals surface area contributed by atoms with E-state index in [0.29, 0.717) is 11.3 Å². The molecule has 0 amide bonds. The first kappa shape index (κ1) is 13.1. The summed E-state index contributed by atoms with van der Waals surface area (Å²) in [4.78, 5) is 0. The lowest BCUT2D eigenvalue weighted by molar-refractivity contribution is 0.278. The molecule has 2 rings (SSSR count). The van der Waals surface area contributed by atoms with E-state index in [9.17, 15) is 4.39 Å². The van der Waals surface area contributed by atoms with Crippen LogP contribution >= 0.6 is 0 Å². The molecular formula is C15H12FNO2. The van der Waals surface area contributed by atoms with E-state index in [4.69, 9.17) is 15.1 Å². The summed E-state index contributed by atoms with van der Waals surface area (Å²) in [6.07, 6.45) is 0. The molecule has 0 atom stereocenters. The zero-order valence-electron chi connectivity index (χ0n) is 10.1. The molecule has 19 heavy (non-hydrogen) atoms. The summed E-state index contributed by atoms with van der Waals surface area (Å²) < 4.78 is 18.7. The van der Waals surface area contributed by atoms with Crippen LogP contribution in [0.15, 0.2) is 42.5 Å². The SMILES string of the molecule is N#Cc1cc(F)cc(COc2cccc(CO)c2)c1. The first-order chi connectivity index (χ1) is 9.21. The fourth-order valence-corrected chi connectivity index (χ4v) is 1.70. The minimum absolute atomic E-state index is 0.0598. The molecule has 4 heteroatoms. The van der Waals surface area contributed by atoms with Gasteiger partial charge in [-0.1, -0.05) is 12.1 Å². The Morgan fingerprint density at radius 1 is 1.16 bits per heavy atom. The number of hydrogen-bond acceptors (Lipinski definition) is 3. The van der Waals surface area contributed by atoms with Gasteiger partial charge in [0.05, 0.1) is 18.2 Å². The second kappa shape index (κ2) is 5.98. The van der Waals surface area contributed by atoms with Crippen molar-refractivity contribution in [3.8, 4) is 11.8 Å². The lowest BCUT2D eigenvalue weighted by Crippen LogP contribution is -1.97. The fourth-order valence-electron chi connectivity index (χ4n) is 1.70. The van der Waals surface area contributed by atoms with Gasteiger partial charge in [0.1, 0.15) is 18.2 Å². The van der Waals surface area contributed by atoms with Crippen LogP contribution in [0.25, 0.3) is 0 Å². The molecule has 0 aromatic heterocycles. The predicted molar refractivity (Wildman–Crippen MR) is 67.8 cm³/mol. The number of rotatable bonds is 4. The number of hydrogen-bond donors (Lipinski definition) is 1. The molecule has 3 nitrogen and oxygen atoms in total. The zero-order chi connectivity index (χ0) is 13.7. The highest BCUT2D eigenvalue weighted by atomic mass is 19.1. The number of aliphatic hydroxyl groups excluding tert-OH is 1. The molecule has 2 aromatic rings. The Labute approximate surface area is 110 Å². The number of benzene rings is 2. The van der Waals surface area contributed by atoms with E-state index in [0.717, 1.165) is 5.56 Å². The van der Waals surface area contributed by atoms with E-state index >= 15 is 0 Å². The minimum atomic E-state index is -0.457. The number of nitrogens with zero attached hydrogens (tertiary/aromatic N) is 1. The Kier molecular flexibility index (Phi) is 4.11. The third-order valence-corrected chi connectivity index (χ3v) is 2.57. The lowest BCUT2D eigenvalue weighted by atomic mass is 10.1. The normalized spacial score (nSPS) is 9.95. The van der Waals surface area contributed by atoms with E-state index in [2.05, 4.69) is 0 Å². The van der Waals surface area contributed by atoms with Gasteiger partial charge in [0.25, 0.3) is 0 Å². The largest absolute Gasteiger partial charge is 0.489 e. The summed E-state index contributed by atoms with van der Waals surface area (Å²) in [6.45, 7) is 0.108. The molecular weight excluding hydrogens is 245 g/mol. The van der Waals surface area contributed by atoms with E-state index in [1.165, 1.54) is 12.1 Å². The maximum Gasteiger partial charge on any atom is 0.124 e. The van der Waals surface area contributed by atoms with Crippen molar-refractivity contribution < 1.29 is 14.2 Å². The zero-order valence-corrected chi connectivity index (χ0v) is 10.1. The van der Waals surface area contributed by atoms with E-state index in [1.54, 1.807) is 30.3 Å². The Balaban J connectivity index is 2.10. The second-order valence-corrected chi connectivity index (χ2v) is 4.05. The molecule has 0 radical (unpaired) electrons. The standard InChI is InChI=1S/C15H12FNO2/c16-14-5-12(8-17)4-13(6-14)10-19-15-3-1-2-11(7-15)9-18/h1-7,18H,9-10H2. The molecule has 0 bridgehead atoms. The number of nitriles is 1. The predicted octanol–water partition coefficient (Wildman–Crippen LogP) is 2.77. The monoisotopic (exact) mass is 257 g/mol. The van der Waals surface area contributed by atoms with Crippen LogP contribution in [0.3, 0.4) is 0 Å². The molecule has 0 fully saturated rings. The van der Waals surface area contributed by atoms with Gasteiger partial charge in [0.2, 0.25) is 0 Å². The summed E-state index contributed by atoms with van der Waals surface area (Å²) in [5.74, 6) is 0.135. The second-order valence-electron chi connectivity index (χ2n) is 4.05. The molecule has 96 valence electrons. The molecule has 0 unspecified atom stereocenters. The topological polar surface area (TPSA) is 53.2 Å². The summed E-state index contributed by atoms with van der Waals surface area (Å²) >= 11 is 0. The van der Waals surface area contributed by atoms with Crippen molar-refractivity contribution in [3.63, 3.8) is 0 Å². The van der Waals surface area contributed by atoms with Gasteiger partial charge in [-0.3, -0.25) is 0 Å². The first-order valence-corrected chi connectivity index (χ1v) is 5.73. The average molecular weight is 257 g/mol. The van der Waals surface area contributed by atoms with Crippen molar-refractivity contribution in [2.24, 2.45) is 0 Å². The van der Waals surface area contributed by atoms with E-state index < -0.39 is 5.82 Å². The van der Waals surface area contributed by atoms with Crippen LogP contribution in [0.1, 0.15) is 16.7 Å². The smallest absolute Gasteiger partial charge is 0.124 e. The van der Waals surface area contributed by atoms with Crippen molar-refractivity contribution in [2.45, 2.75) is 13.2 Å². The van der Waals surface area contributed by atoms with Crippen molar-refractivity contribution in [2.75, 3.05) is 0 Å². The Morgan fingerprint density at radius 3 is 2.74 bits per heavy atom. The highest BCUT2D eigenvalue weighted by molar-refractivity contribution is 5.34. The summed E-state index contributed by atoms with van der Waals surface area (Å²) in [5.41, 5.74) is 1.60. The van der Waals surface area contributed by atoms with Gasteiger partial charge in [0.15, 0.2) is 0 Å². The van der Waals surface area contributed by atoms with E-state index in [1.807, 2.05) is 6.07 Å². The molecule has 1 N–H and O–H groups in total. The highest BCUT2D eigenvalue weighted by Gasteiger charge is 2.02. The van der Waals surface area contributed by atoms with Crippen LogP contribution in [-0.4, -0.2) is 5.11 Å². The minimum Gasteiger partial charge on any atom is -0.489 e. The summed E-state index contributed by atoms with van der Waals surface area (Å²) in [5, 5.41) is 17.8. The molecule has 0 spiro atoms. The average Bonchev–Trinajstić information content (AvgIpc) is 2.44. The van der Waals surface area contributed by atoms with Gasteiger partial charge in [-0.2, -0.15) is 5.26 Å². The lowest BCUT2D eigenvalue weighted by Gasteiger charge is -2.08. The molecule has 0 aliphatic rings. The number of ether oxygens (including phenoxy) is 1. The Bertz CT molecular complexity index is 620. The third kappa shape index (κ3) is 3.54. The summed E-state index contributed by atoms with van der Waals surface area (Å²) in [6, 6.07) is 13.0. The van der Waals surface area contributed by atoms with E-state index in [-0.39, 0.29) is 18.8 Å². The third-order valence-electron chi connectivity index (χ3n) is 2.57. The molecule has 0 aliphatic carbocycles. The van der Waals surface area contributed by atoms with Gasteiger partial charge < -0.3 is 9.84 Å². The number of halogens is 1. The first-order valence-electron chi connectivity index (χ1n) is 5.73.